The average Bonchev–Trinajstić information content (AvgIpc) is 3.12. The van der Waals surface area contributed by atoms with Crippen LogP contribution in [-0.2, 0) is 31.6 Å². The van der Waals surface area contributed by atoms with Crippen LogP contribution in [0.3, 0.4) is 0 Å². The Morgan fingerprint density at radius 1 is 1.16 bits per heavy atom. The molecule has 7 N–H and O–H groups in total. The number of carboxylic acids is 1. The molecule has 0 saturated carbocycles. The van der Waals surface area contributed by atoms with E-state index < -0.39 is 28.2 Å². The van der Waals surface area contributed by atoms with Gasteiger partial charge in [-0.1, -0.05) is 32.9 Å². The molecular weight excluding hydrogens is 527 g/mol. The molecule has 14 heteroatoms. The first-order chi connectivity index (χ1) is 17.3. The van der Waals surface area contributed by atoms with Gasteiger partial charge in [0.25, 0.3) is 0 Å². The summed E-state index contributed by atoms with van der Waals surface area (Å²) in [7, 11) is -3.83. The Bertz CT molecular complexity index is 1310. The van der Waals surface area contributed by atoms with E-state index in [9.17, 15) is 26.4 Å². The van der Waals surface area contributed by atoms with Crippen LogP contribution in [0.4, 0.5) is 18.9 Å². The number of amidine groups is 1. The molecule has 1 aliphatic heterocycles. The van der Waals surface area contributed by atoms with E-state index in [0.717, 1.165) is 5.56 Å². The highest BCUT2D eigenvalue weighted by Crippen LogP contribution is 2.25. The summed E-state index contributed by atoms with van der Waals surface area (Å²) < 4.78 is 59.9. The number of nitrogens with one attached hydrogen (secondary N) is 2. The first-order valence-electron chi connectivity index (χ1n) is 11.3. The Balaban J connectivity index is 0.000000638. The summed E-state index contributed by atoms with van der Waals surface area (Å²) in [6.45, 7) is 6.79. The Labute approximate surface area is 218 Å². The highest BCUT2D eigenvalue weighted by atomic mass is 32.2. The highest BCUT2D eigenvalue weighted by Gasteiger charge is 2.38. The molecule has 0 bridgehead atoms. The lowest BCUT2D eigenvalue weighted by molar-refractivity contribution is -0.192. The van der Waals surface area contributed by atoms with E-state index in [1.807, 2.05) is 0 Å². The van der Waals surface area contributed by atoms with Crippen LogP contribution in [0, 0.1) is 5.41 Å². The molecule has 2 aromatic rings. The van der Waals surface area contributed by atoms with Crippen molar-refractivity contribution in [2.45, 2.75) is 56.3 Å². The lowest BCUT2D eigenvalue weighted by Gasteiger charge is -2.20. The quantitative estimate of drug-likeness (QED) is 0.206. The summed E-state index contributed by atoms with van der Waals surface area (Å²) in [5.74, 6) is -3.15. The van der Waals surface area contributed by atoms with Crippen molar-refractivity contribution in [1.82, 2.24) is 9.62 Å². The minimum Gasteiger partial charge on any atom is -0.475 e. The van der Waals surface area contributed by atoms with Crippen molar-refractivity contribution in [2.24, 2.45) is 5.73 Å². The van der Waals surface area contributed by atoms with Crippen LogP contribution in [-0.4, -0.2) is 54.9 Å². The van der Waals surface area contributed by atoms with Crippen molar-refractivity contribution in [3.05, 3.63) is 59.2 Å². The molecule has 1 heterocycles. The van der Waals surface area contributed by atoms with Gasteiger partial charge in [-0.25, -0.2) is 13.2 Å². The minimum atomic E-state index is -5.08. The molecule has 0 aromatic heterocycles. The fourth-order valence-corrected chi connectivity index (χ4v) is 4.73. The predicted octanol–water partition coefficient (Wildman–Crippen LogP) is 2.56. The Hall–Kier alpha value is -3.65. The third-order valence-corrected chi connectivity index (χ3v) is 7.17. The van der Waals surface area contributed by atoms with Gasteiger partial charge in [0, 0.05) is 24.3 Å². The van der Waals surface area contributed by atoms with Gasteiger partial charge < -0.3 is 21.5 Å². The fourth-order valence-electron chi connectivity index (χ4n) is 3.51. The van der Waals surface area contributed by atoms with E-state index in [-0.39, 0.29) is 28.6 Å². The van der Waals surface area contributed by atoms with Gasteiger partial charge in [-0.15, -0.1) is 0 Å². The van der Waals surface area contributed by atoms with E-state index in [1.54, 1.807) is 47.4 Å². The number of alkyl halides is 3. The summed E-state index contributed by atoms with van der Waals surface area (Å²) in [6, 6.07) is 10.9. The third kappa shape index (κ3) is 7.92. The number of halogens is 3. The number of hydrogen-bond donors (Lipinski definition) is 5. The number of hydrogen-bond acceptors (Lipinski definition) is 6. The van der Waals surface area contributed by atoms with Crippen LogP contribution in [0.1, 0.15) is 43.9 Å². The smallest absolute Gasteiger partial charge is 0.475 e. The Morgan fingerprint density at radius 3 is 2.18 bits per heavy atom. The molecule has 0 aliphatic carbocycles. The van der Waals surface area contributed by atoms with Gasteiger partial charge in [0.2, 0.25) is 15.9 Å². The van der Waals surface area contributed by atoms with Crippen molar-refractivity contribution < 1.29 is 36.3 Å². The van der Waals surface area contributed by atoms with E-state index in [1.165, 1.54) is 0 Å². The zero-order chi connectivity index (χ0) is 29.1. The van der Waals surface area contributed by atoms with Crippen LogP contribution < -0.4 is 16.2 Å². The second-order valence-electron chi connectivity index (χ2n) is 9.63. The van der Waals surface area contributed by atoms with E-state index >= 15 is 0 Å². The third-order valence-electron chi connectivity index (χ3n) is 5.68. The maximum absolute atomic E-state index is 12.8. The second-order valence-corrected chi connectivity index (χ2v) is 11.3. The van der Waals surface area contributed by atoms with Gasteiger partial charge in [-0.3, -0.25) is 10.2 Å². The first-order valence-corrected chi connectivity index (χ1v) is 12.8. The van der Waals surface area contributed by atoms with Crippen molar-refractivity contribution in [3.8, 4) is 0 Å². The maximum Gasteiger partial charge on any atom is 0.490 e. The molecule has 208 valence electrons. The standard InChI is InChI=1S/C22H29N5O3S.C2HF3O2/c1-22(2,3)16-5-7-17(8-6-16)31(29,30)26-19-10-11-27(21(19)28)13-15-12-14(20(24)25)4-9-18(15)23;3-2(4,5)1(6)7/h4-9,12,19,26H,10-11,13,23H2,1-3H3,(H3,24,25);(H,6,7). The van der Waals surface area contributed by atoms with Crippen molar-refractivity contribution in [1.29, 1.82) is 5.41 Å². The van der Waals surface area contributed by atoms with Gasteiger partial charge >= 0.3 is 12.1 Å². The number of nitrogens with two attached hydrogens (primary N) is 2. The number of benzene rings is 2. The van der Waals surface area contributed by atoms with Crippen molar-refractivity contribution in [3.63, 3.8) is 0 Å². The number of sulfonamides is 1. The zero-order valence-electron chi connectivity index (χ0n) is 21.0. The first kappa shape index (κ1) is 30.6. The van der Waals surface area contributed by atoms with Crippen molar-refractivity contribution >= 4 is 33.4 Å². The number of rotatable bonds is 6. The fraction of sp³-hybridized carbons (Fsp3) is 0.375. The summed E-state index contributed by atoms with van der Waals surface area (Å²) in [5, 5.41) is 14.7. The molecule has 0 radical (unpaired) electrons. The lowest BCUT2D eigenvalue weighted by Crippen LogP contribution is -2.41. The second kappa shape index (κ2) is 11.4. The molecule has 10 nitrogen and oxygen atoms in total. The van der Waals surface area contributed by atoms with Gasteiger partial charge in [0.1, 0.15) is 11.9 Å². The van der Waals surface area contributed by atoms with Gasteiger partial charge in [-0.2, -0.15) is 17.9 Å². The van der Waals surface area contributed by atoms with Crippen LogP contribution >= 0.6 is 0 Å². The average molecular weight is 558 g/mol. The number of anilines is 1. The molecule has 1 aliphatic rings. The molecular formula is C24H30F3N5O5S. The van der Waals surface area contributed by atoms with E-state index in [0.29, 0.717) is 29.8 Å². The molecule has 1 fully saturated rings. The molecule has 1 saturated heterocycles. The highest BCUT2D eigenvalue weighted by molar-refractivity contribution is 7.89. The summed E-state index contributed by atoms with van der Waals surface area (Å²) >= 11 is 0. The Kier molecular flexibility index (Phi) is 9.17. The molecule has 0 spiro atoms. The van der Waals surface area contributed by atoms with Gasteiger partial charge in [0.05, 0.1) is 4.90 Å². The maximum atomic E-state index is 12.8. The molecule has 3 rings (SSSR count). The number of nitrogen functional groups attached to an aromatic ring is 2. The number of carbonyl (C=O) groups excluding carboxylic acids is 1. The summed E-state index contributed by atoms with van der Waals surface area (Å²) in [6.07, 6.45) is -4.72. The SMILES string of the molecule is CC(C)(C)c1ccc(S(=O)(=O)NC2CCN(Cc3cc(C(=N)N)ccc3N)C2=O)cc1.O=C(O)C(F)(F)F. The molecule has 2 aromatic carbocycles. The van der Waals surface area contributed by atoms with E-state index in [2.05, 4.69) is 25.5 Å². The zero-order valence-corrected chi connectivity index (χ0v) is 21.8. The number of aliphatic carboxylic acids is 1. The number of nitrogens with zero attached hydrogens (tertiary/aromatic N) is 1. The van der Waals surface area contributed by atoms with Gasteiger partial charge in [-0.05, 0) is 53.3 Å². The number of amides is 1. The van der Waals surface area contributed by atoms with Crippen molar-refractivity contribution in [2.75, 3.05) is 12.3 Å². The number of carbonyl (C=O) groups is 2. The monoisotopic (exact) mass is 557 g/mol. The predicted molar refractivity (Wildman–Crippen MR) is 135 cm³/mol. The lowest BCUT2D eigenvalue weighted by atomic mass is 9.87. The Morgan fingerprint density at radius 2 is 1.71 bits per heavy atom. The normalized spacial score (nSPS) is 16.1. The van der Waals surface area contributed by atoms with Crippen LogP contribution in [0.15, 0.2) is 47.4 Å². The van der Waals surface area contributed by atoms with E-state index in [4.69, 9.17) is 26.8 Å². The largest absolute Gasteiger partial charge is 0.490 e. The van der Waals surface area contributed by atoms with Crippen LogP contribution in [0.5, 0.6) is 0 Å². The van der Waals surface area contributed by atoms with Crippen LogP contribution in [0.25, 0.3) is 0 Å². The molecule has 1 unspecified atom stereocenters. The molecule has 38 heavy (non-hydrogen) atoms. The minimum absolute atomic E-state index is 0.0841. The number of likely N-dealkylation sites (tertiary alicyclic amines) is 1. The summed E-state index contributed by atoms with van der Waals surface area (Å²) in [5.41, 5.74) is 14.2. The molecule has 1 amide bonds. The van der Waals surface area contributed by atoms with Gasteiger partial charge in [0.15, 0.2) is 0 Å². The van der Waals surface area contributed by atoms with Crippen LogP contribution in [0.2, 0.25) is 0 Å². The summed E-state index contributed by atoms with van der Waals surface area (Å²) in [4.78, 5) is 23.4. The molecule has 1 atom stereocenters. The number of carboxylic acid groups (broad SMARTS) is 1. The topological polar surface area (TPSA) is 180 Å².